The van der Waals surface area contributed by atoms with E-state index < -0.39 is 6.10 Å². The summed E-state index contributed by atoms with van der Waals surface area (Å²) in [5.74, 6) is 0.560. The van der Waals surface area contributed by atoms with Crippen LogP contribution in [0.2, 0.25) is 5.02 Å². The summed E-state index contributed by atoms with van der Waals surface area (Å²) in [6, 6.07) is 5.26. The zero-order valence-electron chi connectivity index (χ0n) is 8.85. The summed E-state index contributed by atoms with van der Waals surface area (Å²) in [7, 11) is 1.55. The van der Waals surface area contributed by atoms with E-state index >= 15 is 0 Å². The van der Waals surface area contributed by atoms with Gasteiger partial charge in [0.05, 0.1) is 22.5 Å². The van der Waals surface area contributed by atoms with Crippen LogP contribution in [0.25, 0.3) is 0 Å². The Bertz CT molecular complexity index is 532. The normalized spacial score (nSPS) is 12.5. The zero-order valence-corrected chi connectivity index (χ0v) is 12.0. The van der Waals surface area contributed by atoms with Crippen LogP contribution in [0.5, 0.6) is 5.75 Å². The SMILES string of the molecule is COc1cccc(Cl)c1C(O)c1scnc1Br. The molecule has 0 amide bonds. The highest BCUT2D eigenvalue weighted by Crippen LogP contribution is 2.39. The highest BCUT2D eigenvalue weighted by molar-refractivity contribution is 9.10. The second kappa shape index (κ2) is 5.35. The van der Waals surface area contributed by atoms with Crippen LogP contribution in [0, 0.1) is 0 Å². The molecule has 0 fully saturated rings. The first-order valence-corrected chi connectivity index (χ1v) is 6.79. The van der Waals surface area contributed by atoms with Crippen molar-refractivity contribution in [3.05, 3.63) is 43.8 Å². The molecule has 0 radical (unpaired) electrons. The zero-order chi connectivity index (χ0) is 12.4. The Balaban J connectivity index is 2.50. The Labute approximate surface area is 116 Å². The van der Waals surface area contributed by atoms with Crippen LogP contribution in [0.3, 0.4) is 0 Å². The van der Waals surface area contributed by atoms with Crippen LogP contribution in [0.15, 0.2) is 28.3 Å². The second-order valence-electron chi connectivity index (χ2n) is 3.27. The third kappa shape index (κ3) is 2.47. The topological polar surface area (TPSA) is 42.4 Å². The van der Waals surface area contributed by atoms with Gasteiger partial charge in [0.15, 0.2) is 0 Å². The van der Waals surface area contributed by atoms with Crippen molar-refractivity contribution in [3.8, 4) is 5.75 Å². The average molecular weight is 335 g/mol. The fourth-order valence-electron chi connectivity index (χ4n) is 1.51. The highest BCUT2D eigenvalue weighted by Gasteiger charge is 2.22. The summed E-state index contributed by atoms with van der Waals surface area (Å²) >= 11 is 10.7. The summed E-state index contributed by atoms with van der Waals surface area (Å²) in [6.45, 7) is 0. The van der Waals surface area contributed by atoms with Gasteiger partial charge in [-0.2, -0.15) is 0 Å². The van der Waals surface area contributed by atoms with Crippen molar-refractivity contribution in [2.45, 2.75) is 6.10 Å². The Morgan fingerprint density at radius 3 is 2.88 bits per heavy atom. The lowest BCUT2D eigenvalue weighted by Crippen LogP contribution is -2.02. The number of rotatable bonds is 3. The molecule has 1 N–H and O–H groups in total. The van der Waals surface area contributed by atoms with Gasteiger partial charge in [-0.15, -0.1) is 11.3 Å². The lowest BCUT2D eigenvalue weighted by Gasteiger charge is -2.15. The molecular formula is C11H9BrClNO2S. The first-order valence-electron chi connectivity index (χ1n) is 4.74. The second-order valence-corrected chi connectivity index (χ2v) is 5.31. The highest BCUT2D eigenvalue weighted by atomic mass is 79.9. The van der Waals surface area contributed by atoms with Crippen molar-refractivity contribution in [1.82, 2.24) is 4.98 Å². The number of aliphatic hydroxyl groups is 1. The van der Waals surface area contributed by atoms with Gasteiger partial charge in [-0.05, 0) is 28.1 Å². The first kappa shape index (κ1) is 12.8. The van der Waals surface area contributed by atoms with E-state index in [1.165, 1.54) is 11.3 Å². The Morgan fingerprint density at radius 1 is 1.53 bits per heavy atom. The summed E-state index contributed by atoms with van der Waals surface area (Å²) in [4.78, 5) is 4.74. The fraction of sp³-hybridized carbons (Fsp3) is 0.182. The van der Waals surface area contributed by atoms with E-state index in [0.717, 1.165) is 0 Å². The number of aliphatic hydroxyl groups excluding tert-OH is 1. The van der Waals surface area contributed by atoms with Gasteiger partial charge in [-0.1, -0.05) is 17.7 Å². The van der Waals surface area contributed by atoms with Crippen molar-refractivity contribution < 1.29 is 9.84 Å². The quantitative estimate of drug-likeness (QED) is 0.931. The van der Waals surface area contributed by atoms with Crippen LogP contribution in [-0.4, -0.2) is 17.2 Å². The number of methoxy groups -OCH3 is 1. The van der Waals surface area contributed by atoms with Gasteiger partial charge in [-0.25, -0.2) is 4.98 Å². The van der Waals surface area contributed by atoms with Gasteiger partial charge in [0, 0.05) is 5.56 Å². The Kier molecular flexibility index (Phi) is 4.04. The average Bonchev–Trinajstić information content (AvgIpc) is 2.74. The molecule has 0 aliphatic heterocycles. The number of benzene rings is 1. The number of hydrogen-bond acceptors (Lipinski definition) is 4. The smallest absolute Gasteiger partial charge is 0.126 e. The molecule has 1 aromatic heterocycles. The standard InChI is InChI=1S/C11H9BrClNO2S/c1-16-7-4-2-3-6(13)8(7)9(15)10-11(12)14-5-17-10/h2-5,9,15H,1H3. The summed E-state index contributed by atoms with van der Waals surface area (Å²) in [5, 5.41) is 10.8. The van der Waals surface area contributed by atoms with Crippen LogP contribution in [0.4, 0.5) is 0 Å². The third-order valence-corrected chi connectivity index (χ3v) is 4.41. The molecule has 6 heteroatoms. The van der Waals surface area contributed by atoms with Crippen molar-refractivity contribution in [1.29, 1.82) is 0 Å². The lowest BCUT2D eigenvalue weighted by molar-refractivity contribution is 0.217. The molecule has 0 aliphatic carbocycles. The van der Waals surface area contributed by atoms with Crippen LogP contribution < -0.4 is 4.74 Å². The Morgan fingerprint density at radius 2 is 2.29 bits per heavy atom. The molecule has 0 spiro atoms. The van der Waals surface area contributed by atoms with E-state index in [4.69, 9.17) is 16.3 Å². The van der Waals surface area contributed by atoms with E-state index in [0.29, 0.717) is 25.8 Å². The first-order chi connectivity index (χ1) is 8.15. The Hall–Kier alpha value is -0.620. The monoisotopic (exact) mass is 333 g/mol. The van der Waals surface area contributed by atoms with Crippen LogP contribution in [0.1, 0.15) is 16.5 Å². The number of ether oxygens (including phenoxy) is 1. The van der Waals surface area contributed by atoms with Crippen LogP contribution >= 0.6 is 38.9 Å². The maximum atomic E-state index is 10.3. The van der Waals surface area contributed by atoms with Gasteiger partial charge in [0.1, 0.15) is 16.5 Å². The third-order valence-electron chi connectivity index (χ3n) is 2.30. The fourth-order valence-corrected chi connectivity index (χ4v) is 3.18. The number of thiazole rings is 1. The summed E-state index contributed by atoms with van der Waals surface area (Å²) in [6.07, 6.45) is -0.847. The molecular weight excluding hydrogens is 326 g/mol. The molecule has 3 nitrogen and oxygen atoms in total. The number of halogens is 2. The molecule has 2 aromatic rings. The van der Waals surface area contributed by atoms with Gasteiger partial charge in [0.2, 0.25) is 0 Å². The van der Waals surface area contributed by atoms with Crippen molar-refractivity contribution in [2.75, 3.05) is 7.11 Å². The van der Waals surface area contributed by atoms with E-state index in [1.807, 2.05) is 0 Å². The molecule has 0 saturated carbocycles. The maximum Gasteiger partial charge on any atom is 0.126 e. The molecule has 1 atom stereocenters. The maximum absolute atomic E-state index is 10.3. The van der Waals surface area contributed by atoms with Gasteiger partial charge in [-0.3, -0.25) is 0 Å². The van der Waals surface area contributed by atoms with E-state index in [1.54, 1.807) is 30.8 Å². The molecule has 0 aliphatic rings. The molecule has 0 bridgehead atoms. The van der Waals surface area contributed by atoms with E-state index in [-0.39, 0.29) is 0 Å². The van der Waals surface area contributed by atoms with Crippen molar-refractivity contribution in [2.24, 2.45) is 0 Å². The van der Waals surface area contributed by atoms with Crippen molar-refractivity contribution >= 4 is 38.9 Å². The largest absolute Gasteiger partial charge is 0.496 e. The molecule has 90 valence electrons. The number of aromatic nitrogens is 1. The minimum Gasteiger partial charge on any atom is -0.496 e. The molecule has 1 aromatic carbocycles. The molecule has 1 unspecified atom stereocenters. The number of hydrogen-bond donors (Lipinski definition) is 1. The predicted molar refractivity (Wildman–Crippen MR) is 71.9 cm³/mol. The summed E-state index contributed by atoms with van der Waals surface area (Å²) < 4.78 is 5.83. The number of nitrogens with zero attached hydrogens (tertiary/aromatic N) is 1. The minimum atomic E-state index is -0.847. The molecule has 0 saturated heterocycles. The van der Waals surface area contributed by atoms with Gasteiger partial charge < -0.3 is 9.84 Å². The molecule has 1 heterocycles. The lowest BCUT2D eigenvalue weighted by atomic mass is 10.1. The molecule has 2 rings (SSSR count). The predicted octanol–water partition coefficient (Wildman–Crippen LogP) is 3.65. The van der Waals surface area contributed by atoms with Gasteiger partial charge in [0.25, 0.3) is 0 Å². The van der Waals surface area contributed by atoms with Gasteiger partial charge >= 0.3 is 0 Å². The summed E-state index contributed by atoms with van der Waals surface area (Å²) in [5.41, 5.74) is 2.22. The van der Waals surface area contributed by atoms with Crippen molar-refractivity contribution in [3.63, 3.8) is 0 Å². The minimum absolute atomic E-state index is 0.470. The van der Waals surface area contributed by atoms with Crippen LogP contribution in [-0.2, 0) is 0 Å². The van der Waals surface area contributed by atoms with E-state index in [2.05, 4.69) is 20.9 Å². The van der Waals surface area contributed by atoms with E-state index in [9.17, 15) is 5.11 Å². The molecule has 17 heavy (non-hydrogen) atoms.